The maximum absolute atomic E-state index is 5.58. The zero-order valence-electron chi connectivity index (χ0n) is 12.6. The molecule has 1 fully saturated rings. The topological polar surface area (TPSA) is 67.1 Å². The smallest absolute Gasteiger partial charge is 0.148 e. The summed E-state index contributed by atoms with van der Waals surface area (Å²) in [5.41, 5.74) is 4.08. The minimum Gasteiger partial charge on any atom is -0.356 e. The molecule has 1 aromatic rings. The van der Waals surface area contributed by atoms with Crippen molar-refractivity contribution in [2.45, 2.75) is 47.0 Å². The molecule has 0 amide bonds. The molecule has 19 heavy (non-hydrogen) atoms. The van der Waals surface area contributed by atoms with Gasteiger partial charge in [-0.25, -0.2) is 15.8 Å². The molecular formula is C14H25N5. The van der Waals surface area contributed by atoms with Crippen molar-refractivity contribution in [1.29, 1.82) is 0 Å². The lowest BCUT2D eigenvalue weighted by atomic mass is 9.93. The molecule has 5 heteroatoms. The van der Waals surface area contributed by atoms with Gasteiger partial charge in [0.2, 0.25) is 0 Å². The van der Waals surface area contributed by atoms with E-state index in [1.165, 1.54) is 6.42 Å². The van der Waals surface area contributed by atoms with Gasteiger partial charge in [-0.1, -0.05) is 27.7 Å². The maximum Gasteiger partial charge on any atom is 0.148 e. The standard InChI is InChI=1S/C14H25N5/c1-9(2)11-16-12(18-15)10(3)13(17-11)19-7-6-14(4,5)8-19/h9H,6-8,15H2,1-5H3,(H,16,17,18). The Morgan fingerprint density at radius 1 is 1.32 bits per heavy atom. The highest BCUT2D eigenvalue weighted by atomic mass is 15.3. The van der Waals surface area contributed by atoms with Gasteiger partial charge in [-0.05, 0) is 18.8 Å². The van der Waals surface area contributed by atoms with Crippen LogP contribution in [0.2, 0.25) is 0 Å². The molecule has 1 saturated heterocycles. The Morgan fingerprint density at radius 3 is 2.47 bits per heavy atom. The van der Waals surface area contributed by atoms with Gasteiger partial charge in [0, 0.05) is 24.6 Å². The van der Waals surface area contributed by atoms with Crippen molar-refractivity contribution in [3.63, 3.8) is 0 Å². The van der Waals surface area contributed by atoms with Crippen LogP contribution in [0.5, 0.6) is 0 Å². The van der Waals surface area contributed by atoms with E-state index in [4.69, 9.17) is 10.8 Å². The predicted octanol–water partition coefficient (Wildman–Crippen LogP) is 2.43. The van der Waals surface area contributed by atoms with Crippen LogP contribution in [0.4, 0.5) is 11.6 Å². The largest absolute Gasteiger partial charge is 0.356 e. The third-order valence-electron chi connectivity index (χ3n) is 3.77. The van der Waals surface area contributed by atoms with Gasteiger partial charge in [-0.2, -0.15) is 0 Å². The van der Waals surface area contributed by atoms with Crippen LogP contribution >= 0.6 is 0 Å². The monoisotopic (exact) mass is 263 g/mol. The van der Waals surface area contributed by atoms with E-state index in [-0.39, 0.29) is 0 Å². The Bertz CT molecular complexity index is 467. The number of aromatic nitrogens is 2. The fourth-order valence-corrected chi connectivity index (χ4v) is 2.52. The van der Waals surface area contributed by atoms with Crippen molar-refractivity contribution in [3.05, 3.63) is 11.4 Å². The minimum absolute atomic E-state index is 0.294. The van der Waals surface area contributed by atoms with Crippen molar-refractivity contribution in [2.24, 2.45) is 11.3 Å². The first-order valence-corrected chi connectivity index (χ1v) is 6.94. The van der Waals surface area contributed by atoms with Gasteiger partial charge in [-0.15, -0.1) is 0 Å². The summed E-state index contributed by atoms with van der Waals surface area (Å²) >= 11 is 0. The first kappa shape index (κ1) is 14.1. The van der Waals surface area contributed by atoms with Crippen molar-refractivity contribution in [3.8, 4) is 0 Å². The summed E-state index contributed by atoms with van der Waals surface area (Å²) in [5, 5.41) is 0. The molecule has 2 heterocycles. The zero-order chi connectivity index (χ0) is 14.2. The summed E-state index contributed by atoms with van der Waals surface area (Å²) in [7, 11) is 0. The third kappa shape index (κ3) is 2.81. The summed E-state index contributed by atoms with van der Waals surface area (Å²) in [6, 6.07) is 0. The van der Waals surface area contributed by atoms with E-state index in [0.29, 0.717) is 11.3 Å². The molecule has 0 unspecified atom stereocenters. The Hall–Kier alpha value is -1.36. The van der Waals surface area contributed by atoms with Crippen LogP contribution in [-0.4, -0.2) is 23.1 Å². The lowest BCUT2D eigenvalue weighted by Crippen LogP contribution is -2.26. The first-order chi connectivity index (χ1) is 8.84. The highest BCUT2D eigenvalue weighted by Gasteiger charge is 2.31. The van der Waals surface area contributed by atoms with Gasteiger partial charge >= 0.3 is 0 Å². The van der Waals surface area contributed by atoms with Crippen LogP contribution in [0.25, 0.3) is 0 Å². The van der Waals surface area contributed by atoms with E-state index in [0.717, 1.165) is 36.1 Å². The molecule has 5 nitrogen and oxygen atoms in total. The lowest BCUT2D eigenvalue weighted by Gasteiger charge is -2.24. The summed E-state index contributed by atoms with van der Waals surface area (Å²) in [4.78, 5) is 11.6. The molecule has 0 spiro atoms. The van der Waals surface area contributed by atoms with Crippen LogP contribution < -0.4 is 16.2 Å². The molecule has 0 saturated carbocycles. The summed E-state index contributed by atoms with van der Waals surface area (Å²) in [6.07, 6.45) is 1.19. The molecule has 2 rings (SSSR count). The molecule has 3 N–H and O–H groups in total. The Morgan fingerprint density at radius 2 is 2.00 bits per heavy atom. The van der Waals surface area contributed by atoms with Crippen LogP contribution in [-0.2, 0) is 0 Å². The van der Waals surface area contributed by atoms with Crippen molar-refractivity contribution < 1.29 is 0 Å². The molecule has 1 aliphatic heterocycles. The predicted molar refractivity (Wildman–Crippen MR) is 79.3 cm³/mol. The molecular weight excluding hydrogens is 238 g/mol. The number of rotatable bonds is 3. The number of nitrogens with two attached hydrogens (primary N) is 1. The van der Waals surface area contributed by atoms with E-state index in [1.54, 1.807) is 0 Å². The second-order valence-electron chi connectivity index (χ2n) is 6.51. The van der Waals surface area contributed by atoms with Gasteiger partial charge in [-0.3, -0.25) is 0 Å². The normalized spacial score (nSPS) is 18.2. The average molecular weight is 263 g/mol. The van der Waals surface area contributed by atoms with Crippen molar-refractivity contribution in [1.82, 2.24) is 9.97 Å². The summed E-state index contributed by atoms with van der Waals surface area (Å²) in [6.45, 7) is 12.9. The zero-order valence-corrected chi connectivity index (χ0v) is 12.6. The van der Waals surface area contributed by atoms with E-state index in [2.05, 4.69) is 43.0 Å². The fourth-order valence-electron chi connectivity index (χ4n) is 2.52. The van der Waals surface area contributed by atoms with E-state index in [1.807, 2.05) is 6.92 Å². The van der Waals surface area contributed by atoms with Crippen LogP contribution in [0.1, 0.15) is 51.4 Å². The fraction of sp³-hybridized carbons (Fsp3) is 0.714. The Balaban J connectivity index is 2.41. The maximum atomic E-state index is 5.58. The number of nitrogens with one attached hydrogen (secondary N) is 1. The molecule has 1 aromatic heterocycles. The number of hydrogen-bond donors (Lipinski definition) is 2. The number of anilines is 2. The number of hydrogen-bond acceptors (Lipinski definition) is 5. The second-order valence-corrected chi connectivity index (χ2v) is 6.51. The first-order valence-electron chi connectivity index (χ1n) is 6.94. The van der Waals surface area contributed by atoms with Gasteiger partial charge < -0.3 is 10.3 Å². The van der Waals surface area contributed by atoms with E-state index < -0.39 is 0 Å². The SMILES string of the molecule is Cc1c(NN)nc(C(C)C)nc1N1CCC(C)(C)C1. The average Bonchev–Trinajstić information content (AvgIpc) is 2.69. The van der Waals surface area contributed by atoms with Crippen molar-refractivity contribution in [2.75, 3.05) is 23.4 Å². The summed E-state index contributed by atoms with van der Waals surface area (Å²) in [5.74, 6) is 8.48. The molecule has 0 bridgehead atoms. The van der Waals surface area contributed by atoms with E-state index >= 15 is 0 Å². The van der Waals surface area contributed by atoms with Gasteiger partial charge in [0.25, 0.3) is 0 Å². The summed E-state index contributed by atoms with van der Waals surface area (Å²) < 4.78 is 0. The molecule has 0 aromatic carbocycles. The van der Waals surface area contributed by atoms with Gasteiger partial charge in [0.15, 0.2) is 0 Å². The van der Waals surface area contributed by atoms with Crippen LogP contribution in [0.15, 0.2) is 0 Å². The second kappa shape index (κ2) is 4.96. The number of nitrogen functional groups attached to an aromatic ring is 1. The van der Waals surface area contributed by atoms with Gasteiger partial charge in [0.05, 0.1) is 0 Å². The highest BCUT2D eigenvalue weighted by Crippen LogP contribution is 2.34. The quantitative estimate of drug-likeness (QED) is 0.647. The Labute approximate surface area is 115 Å². The van der Waals surface area contributed by atoms with Crippen LogP contribution in [0, 0.1) is 12.3 Å². The number of nitrogens with zero attached hydrogens (tertiary/aromatic N) is 3. The van der Waals surface area contributed by atoms with Gasteiger partial charge in [0.1, 0.15) is 17.5 Å². The molecule has 0 atom stereocenters. The highest BCUT2D eigenvalue weighted by molar-refractivity contribution is 5.59. The third-order valence-corrected chi connectivity index (χ3v) is 3.77. The molecule has 0 radical (unpaired) electrons. The molecule has 0 aliphatic carbocycles. The van der Waals surface area contributed by atoms with Crippen LogP contribution in [0.3, 0.4) is 0 Å². The molecule has 106 valence electrons. The van der Waals surface area contributed by atoms with Crippen molar-refractivity contribution >= 4 is 11.6 Å². The Kier molecular flexibility index (Phi) is 3.67. The molecule has 1 aliphatic rings. The lowest BCUT2D eigenvalue weighted by molar-refractivity contribution is 0.418. The van der Waals surface area contributed by atoms with E-state index in [9.17, 15) is 0 Å². The number of hydrazine groups is 1. The minimum atomic E-state index is 0.294.